The molecule has 6 heteroatoms. The Morgan fingerprint density at radius 1 is 1.14 bits per heavy atom. The van der Waals surface area contributed by atoms with Crippen molar-refractivity contribution in [3.63, 3.8) is 0 Å². The molecule has 1 saturated heterocycles. The van der Waals surface area contributed by atoms with Crippen LogP contribution >= 0.6 is 0 Å². The third kappa shape index (κ3) is 8.17. The summed E-state index contributed by atoms with van der Waals surface area (Å²) in [5, 5.41) is 11.6. The highest BCUT2D eigenvalue weighted by Crippen LogP contribution is 2.32. The van der Waals surface area contributed by atoms with Crippen molar-refractivity contribution in [1.29, 1.82) is 5.26 Å². The lowest BCUT2D eigenvalue weighted by atomic mass is 9.89. The zero-order chi connectivity index (χ0) is 25.0. The largest absolute Gasteiger partial charge is 0.383 e. The lowest BCUT2D eigenvalue weighted by Crippen LogP contribution is -2.38. The number of nitrogens with zero attached hydrogens (tertiary/aromatic N) is 2. The molecule has 1 unspecified atom stereocenters. The van der Waals surface area contributed by atoms with Crippen LogP contribution in [0.15, 0.2) is 54.6 Å². The average Bonchev–Trinajstić information content (AvgIpc) is 2.89. The highest BCUT2D eigenvalue weighted by Gasteiger charge is 2.27. The van der Waals surface area contributed by atoms with Crippen LogP contribution < -0.4 is 5.32 Å². The lowest BCUT2D eigenvalue weighted by molar-refractivity contribution is -0.136. The monoisotopic (exact) mass is 477 g/mol. The normalized spacial score (nSPS) is 18.1. The Labute approximate surface area is 210 Å². The molecule has 35 heavy (non-hydrogen) atoms. The van der Waals surface area contributed by atoms with Gasteiger partial charge in [0.05, 0.1) is 12.7 Å². The van der Waals surface area contributed by atoms with Gasteiger partial charge in [-0.25, -0.2) is 0 Å². The molecule has 0 radical (unpaired) electrons. The number of carbonyl (C=O) groups excluding carboxylic acids is 1. The molecule has 1 aliphatic rings. The second kappa shape index (κ2) is 14.0. The predicted octanol–water partition coefficient (Wildman–Crippen LogP) is 4.67. The smallest absolute Gasteiger partial charge is 0.250 e. The van der Waals surface area contributed by atoms with E-state index >= 15 is 0 Å². The van der Waals surface area contributed by atoms with Crippen LogP contribution in [0.1, 0.15) is 61.8 Å². The van der Waals surface area contributed by atoms with E-state index in [0.717, 1.165) is 37.4 Å². The molecule has 2 aromatic carbocycles. The fourth-order valence-corrected chi connectivity index (χ4v) is 4.73. The topological polar surface area (TPSA) is 74.6 Å². The number of hydrogen-bond donors (Lipinski definition) is 1. The minimum atomic E-state index is -0.638. The highest BCUT2D eigenvalue weighted by molar-refractivity contribution is 5.81. The van der Waals surface area contributed by atoms with E-state index in [9.17, 15) is 4.79 Å². The third-order valence-corrected chi connectivity index (χ3v) is 6.55. The quantitative estimate of drug-likeness (QED) is 0.450. The standard InChI is InChI=1S/C29H39N3O3/c1-22(2)20-27(29(33)31-16-15-30)35-28(24-8-5-4-6-9-24)25-13-11-23(12-14-25)26-10-7-17-32(21-26)18-19-34-3/h4-6,8-9,11-14,22,26-28H,7,10,16-21H2,1-3H3,(H,31,33)/t26-,27-,28?/m0/s1. The molecule has 188 valence electrons. The number of likely N-dealkylation sites (tertiary alicyclic amines) is 1. The SMILES string of the molecule is COCCN1CCC[C@H](c2ccc(C(O[C@@H](CC(C)C)C(=O)NCC#N)c3ccccc3)cc2)C1. The number of hydrogen-bond acceptors (Lipinski definition) is 5. The van der Waals surface area contributed by atoms with Crippen molar-refractivity contribution in [2.75, 3.05) is 39.9 Å². The van der Waals surface area contributed by atoms with Gasteiger partial charge in [-0.3, -0.25) is 4.79 Å². The van der Waals surface area contributed by atoms with Crippen molar-refractivity contribution in [2.24, 2.45) is 5.92 Å². The summed E-state index contributed by atoms with van der Waals surface area (Å²) in [6, 6.07) is 20.7. The van der Waals surface area contributed by atoms with Gasteiger partial charge in [-0.05, 0) is 54.3 Å². The Morgan fingerprint density at radius 2 is 1.86 bits per heavy atom. The predicted molar refractivity (Wildman–Crippen MR) is 138 cm³/mol. The molecule has 0 bridgehead atoms. The third-order valence-electron chi connectivity index (χ3n) is 6.55. The van der Waals surface area contributed by atoms with Gasteiger partial charge in [0.15, 0.2) is 0 Å². The number of benzene rings is 2. The first-order valence-electron chi connectivity index (χ1n) is 12.7. The first-order chi connectivity index (χ1) is 17.0. The number of nitriles is 1. The molecule has 1 N–H and O–H groups in total. The maximum atomic E-state index is 12.8. The molecule has 0 saturated carbocycles. The van der Waals surface area contributed by atoms with Crippen LogP contribution in [0.3, 0.4) is 0 Å². The van der Waals surface area contributed by atoms with Crippen molar-refractivity contribution in [3.05, 3.63) is 71.3 Å². The van der Waals surface area contributed by atoms with Crippen LogP contribution in [-0.4, -0.2) is 56.8 Å². The Morgan fingerprint density at radius 3 is 2.51 bits per heavy atom. The fourth-order valence-electron chi connectivity index (χ4n) is 4.73. The molecule has 3 atom stereocenters. The molecule has 1 aliphatic heterocycles. The van der Waals surface area contributed by atoms with Gasteiger partial charge in [0, 0.05) is 20.2 Å². The summed E-state index contributed by atoms with van der Waals surface area (Å²) in [5.74, 6) is 0.548. The van der Waals surface area contributed by atoms with E-state index in [4.69, 9.17) is 14.7 Å². The lowest BCUT2D eigenvalue weighted by Gasteiger charge is -2.33. The summed E-state index contributed by atoms with van der Waals surface area (Å²) in [5.41, 5.74) is 3.37. The van der Waals surface area contributed by atoms with E-state index in [1.165, 1.54) is 18.4 Å². The van der Waals surface area contributed by atoms with Gasteiger partial charge >= 0.3 is 0 Å². The maximum absolute atomic E-state index is 12.8. The molecule has 1 heterocycles. The number of ether oxygens (including phenoxy) is 2. The average molecular weight is 478 g/mol. The van der Waals surface area contributed by atoms with Gasteiger partial charge in [0.1, 0.15) is 18.8 Å². The fraction of sp³-hybridized carbons (Fsp3) is 0.517. The van der Waals surface area contributed by atoms with Crippen molar-refractivity contribution in [3.8, 4) is 6.07 Å². The Hall–Kier alpha value is -2.72. The second-order valence-electron chi connectivity index (χ2n) is 9.72. The number of piperidine rings is 1. The molecule has 6 nitrogen and oxygen atoms in total. The molecule has 0 aliphatic carbocycles. The van der Waals surface area contributed by atoms with Gasteiger partial charge < -0.3 is 19.7 Å². The van der Waals surface area contributed by atoms with Crippen LogP contribution in [-0.2, 0) is 14.3 Å². The van der Waals surface area contributed by atoms with Crippen LogP contribution in [0.5, 0.6) is 0 Å². The molecule has 0 spiro atoms. The molecule has 1 fully saturated rings. The molecule has 1 amide bonds. The summed E-state index contributed by atoms with van der Waals surface area (Å²) < 4.78 is 11.8. The zero-order valence-electron chi connectivity index (χ0n) is 21.3. The molecular formula is C29H39N3O3. The van der Waals surface area contributed by atoms with E-state index in [2.05, 4.69) is 48.3 Å². The van der Waals surface area contributed by atoms with Crippen LogP contribution in [0.2, 0.25) is 0 Å². The number of amides is 1. The van der Waals surface area contributed by atoms with E-state index in [0.29, 0.717) is 12.3 Å². The van der Waals surface area contributed by atoms with Crippen LogP contribution in [0.4, 0.5) is 0 Å². The van der Waals surface area contributed by atoms with E-state index in [1.807, 2.05) is 36.4 Å². The first-order valence-corrected chi connectivity index (χ1v) is 12.7. The van der Waals surface area contributed by atoms with Crippen LogP contribution in [0.25, 0.3) is 0 Å². The van der Waals surface area contributed by atoms with Gasteiger partial charge in [0.2, 0.25) is 5.91 Å². The van der Waals surface area contributed by atoms with E-state index in [-0.39, 0.29) is 24.5 Å². The number of rotatable bonds is 12. The van der Waals surface area contributed by atoms with Crippen LogP contribution in [0, 0.1) is 17.2 Å². The number of methoxy groups -OCH3 is 1. The first kappa shape index (κ1) is 26.9. The minimum Gasteiger partial charge on any atom is -0.383 e. The van der Waals surface area contributed by atoms with Crippen molar-refractivity contribution in [1.82, 2.24) is 10.2 Å². The summed E-state index contributed by atoms with van der Waals surface area (Å²) in [7, 11) is 1.75. The Kier molecular flexibility index (Phi) is 10.7. The molecule has 3 rings (SSSR count). The second-order valence-corrected chi connectivity index (χ2v) is 9.72. The van der Waals surface area contributed by atoms with Crippen molar-refractivity contribution >= 4 is 5.91 Å². The summed E-state index contributed by atoms with van der Waals surface area (Å²) in [4.78, 5) is 15.3. The van der Waals surface area contributed by atoms with Crippen molar-refractivity contribution in [2.45, 2.75) is 51.2 Å². The number of nitrogens with one attached hydrogen (secondary N) is 1. The minimum absolute atomic E-state index is 0.0235. The molecule has 0 aromatic heterocycles. The molecule has 2 aromatic rings. The highest BCUT2D eigenvalue weighted by atomic mass is 16.5. The summed E-state index contributed by atoms with van der Waals surface area (Å²) in [6.45, 7) is 8.04. The van der Waals surface area contributed by atoms with Gasteiger partial charge in [0.25, 0.3) is 0 Å². The Bertz CT molecular complexity index is 940. The number of carbonyl (C=O) groups is 1. The van der Waals surface area contributed by atoms with E-state index < -0.39 is 6.10 Å². The Balaban J connectivity index is 1.81. The van der Waals surface area contributed by atoms with Gasteiger partial charge in [-0.15, -0.1) is 0 Å². The zero-order valence-corrected chi connectivity index (χ0v) is 21.3. The maximum Gasteiger partial charge on any atom is 0.250 e. The van der Waals surface area contributed by atoms with E-state index in [1.54, 1.807) is 7.11 Å². The molecular weight excluding hydrogens is 438 g/mol. The van der Waals surface area contributed by atoms with Crippen molar-refractivity contribution < 1.29 is 14.3 Å². The summed E-state index contributed by atoms with van der Waals surface area (Å²) >= 11 is 0. The van der Waals surface area contributed by atoms with Gasteiger partial charge in [-0.1, -0.05) is 68.4 Å². The summed E-state index contributed by atoms with van der Waals surface area (Å²) in [6.07, 6.45) is 1.96. The van der Waals surface area contributed by atoms with Gasteiger partial charge in [-0.2, -0.15) is 5.26 Å².